The molecule has 1 saturated heterocycles. The highest BCUT2D eigenvalue weighted by Gasteiger charge is 2.17. The van der Waals surface area contributed by atoms with Gasteiger partial charge in [-0.15, -0.1) is 5.10 Å². The van der Waals surface area contributed by atoms with Crippen molar-refractivity contribution in [1.82, 2.24) is 40.9 Å². The van der Waals surface area contributed by atoms with Crippen LogP contribution in [0.25, 0.3) is 10.9 Å². The molecule has 5 rings (SSSR count). The molecule has 0 spiro atoms. The summed E-state index contributed by atoms with van der Waals surface area (Å²) in [5.74, 6) is 1.62. The number of piperazine rings is 1. The standard InChI is InChI=1S/C26H40N10/c1-2-7-21(8-3-1)29-12-6-11-27-15-18-36-20-22(33-34-36)19-30-26-31-24-10-5-4-9-23(24)25(32-26)35-16-13-28-14-17-35/h4-5,9-10,20-21,27-29H,1-3,6-8,11-19H2,(H,30,31,32). The smallest absolute Gasteiger partial charge is 0.225 e. The van der Waals surface area contributed by atoms with Crippen molar-refractivity contribution in [2.24, 2.45) is 0 Å². The van der Waals surface area contributed by atoms with E-state index in [1.54, 1.807) is 0 Å². The van der Waals surface area contributed by atoms with Gasteiger partial charge in [-0.2, -0.15) is 4.98 Å². The maximum atomic E-state index is 4.87. The second-order valence-electron chi connectivity index (χ2n) is 9.84. The van der Waals surface area contributed by atoms with Crippen LogP contribution in [0, 0.1) is 0 Å². The van der Waals surface area contributed by atoms with Gasteiger partial charge >= 0.3 is 0 Å². The molecule has 194 valence electrons. The molecule has 3 heterocycles. The number of hydrogen-bond donors (Lipinski definition) is 4. The maximum absolute atomic E-state index is 4.87. The number of rotatable bonds is 12. The topological polar surface area (TPSA) is 108 Å². The highest BCUT2D eigenvalue weighted by atomic mass is 15.4. The van der Waals surface area contributed by atoms with Gasteiger partial charge in [0, 0.05) is 44.2 Å². The Morgan fingerprint density at radius 3 is 2.72 bits per heavy atom. The Kier molecular flexibility index (Phi) is 8.93. The molecule has 1 aromatic carbocycles. The van der Waals surface area contributed by atoms with Crippen LogP contribution in [0.1, 0.15) is 44.2 Å². The number of fused-ring (bicyclic) bond motifs is 1. The molecule has 1 aliphatic heterocycles. The average molecular weight is 493 g/mol. The summed E-state index contributed by atoms with van der Waals surface area (Å²) in [7, 11) is 0. The van der Waals surface area contributed by atoms with Crippen LogP contribution in [0.15, 0.2) is 30.5 Å². The van der Waals surface area contributed by atoms with Crippen LogP contribution in [0.4, 0.5) is 11.8 Å². The summed E-state index contributed by atoms with van der Waals surface area (Å²) in [4.78, 5) is 11.9. The SMILES string of the molecule is c1ccc2c(N3CCNCC3)nc(NCc3cn(CCNCCCNC4CCCCC4)nn3)nc2c1. The zero-order valence-electron chi connectivity index (χ0n) is 21.3. The summed E-state index contributed by atoms with van der Waals surface area (Å²) < 4.78 is 1.90. The molecule has 2 fully saturated rings. The van der Waals surface area contributed by atoms with Crippen molar-refractivity contribution in [3.05, 3.63) is 36.2 Å². The summed E-state index contributed by atoms with van der Waals surface area (Å²) in [5, 5.41) is 23.7. The van der Waals surface area contributed by atoms with Gasteiger partial charge in [0.15, 0.2) is 0 Å². The zero-order chi connectivity index (χ0) is 24.4. The molecule has 2 aromatic heterocycles. The van der Waals surface area contributed by atoms with Crippen molar-refractivity contribution >= 4 is 22.7 Å². The van der Waals surface area contributed by atoms with Crippen molar-refractivity contribution in [3.63, 3.8) is 0 Å². The molecule has 0 unspecified atom stereocenters. The first-order chi connectivity index (χ1) is 17.8. The van der Waals surface area contributed by atoms with E-state index < -0.39 is 0 Å². The normalized spacial score (nSPS) is 17.1. The van der Waals surface area contributed by atoms with E-state index in [1.807, 2.05) is 29.1 Å². The van der Waals surface area contributed by atoms with Gasteiger partial charge in [-0.3, -0.25) is 4.68 Å². The molecule has 1 aliphatic carbocycles. The third-order valence-electron chi connectivity index (χ3n) is 7.10. The highest BCUT2D eigenvalue weighted by Crippen LogP contribution is 2.25. The molecule has 0 bridgehead atoms. The van der Waals surface area contributed by atoms with Crippen LogP contribution in [-0.2, 0) is 13.1 Å². The summed E-state index contributed by atoms with van der Waals surface area (Å²) in [6.45, 7) is 8.19. The minimum absolute atomic E-state index is 0.541. The monoisotopic (exact) mass is 492 g/mol. The van der Waals surface area contributed by atoms with Crippen molar-refractivity contribution in [2.75, 3.05) is 56.0 Å². The number of hydrogen-bond acceptors (Lipinski definition) is 9. The summed E-state index contributed by atoms with van der Waals surface area (Å²) in [6.07, 6.45) is 10.0. The van der Waals surface area contributed by atoms with E-state index in [4.69, 9.17) is 9.97 Å². The summed E-state index contributed by atoms with van der Waals surface area (Å²) >= 11 is 0. The second-order valence-corrected chi connectivity index (χ2v) is 9.84. The number of para-hydroxylation sites is 1. The van der Waals surface area contributed by atoms with Crippen LogP contribution in [-0.4, -0.2) is 76.8 Å². The van der Waals surface area contributed by atoms with E-state index in [-0.39, 0.29) is 0 Å². The molecule has 10 heteroatoms. The number of benzene rings is 1. The Morgan fingerprint density at radius 1 is 0.972 bits per heavy atom. The van der Waals surface area contributed by atoms with E-state index in [0.717, 1.165) is 87.2 Å². The largest absolute Gasteiger partial charge is 0.353 e. The predicted octanol–water partition coefficient (Wildman–Crippen LogP) is 2.15. The first kappa shape index (κ1) is 24.9. The van der Waals surface area contributed by atoms with Crippen LogP contribution >= 0.6 is 0 Å². The Balaban J connectivity index is 1.06. The molecule has 36 heavy (non-hydrogen) atoms. The Morgan fingerprint density at radius 2 is 1.83 bits per heavy atom. The lowest BCUT2D eigenvalue weighted by Gasteiger charge is -2.29. The van der Waals surface area contributed by atoms with Crippen LogP contribution in [0.3, 0.4) is 0 Å². The fourth-order valence-electron chi connectivity index (χ4n) is 5.10. The van der Waals surface area contributed by atoms with E-state index in [2.05, 4.69) is 42.5 Å². The van der Waals surface area contributed by atoms with Gasteiger partial charge < -0.3 is 26.2 Å². The van der Waals surface area contributed by atoms with E-state index >= 15 is 0 Å². The lowest BCUT2D eigenvalue weighted by molar-refractivity contribution is 0.370. The van der Waals surface area contributed by atoms with Gasteiger partial charge in [0.2, 0.25) is 5.95 Å². The third-order valence-corrected chi connectivity index (χ3v) is 7.10. The van der Waals surface area contributed by atoms with E-state index in [0.29, 0.717) is 12.5 Å². The van der Waals surface area contributed by atoms with Gasteiger partial charge in [-0.05, 0) is 44.5 Å². The van der Waals surface area contributed by atoms with Crippen molar-refractivity contribution in [2.45, 2.75) is 57.7 Å². The molecule has 0 radical (unpaired) electrons. The number of nitrogens with zero attached hydrogens (tertiary/aromatic N) is 6. The van der Waals surface area contributed by atoms with Gasteiger partial charge in [-0.25, -0.2) is 4.98 Å². The number of nitrogens with one attached hydrogen (secondary N) is 4. The summed E-state index contributed by atoms with van der Waals surface area (Å²) in [5.41, 5.74) is 1.83. The van der Waals surface area contributed by atoms with Crippen LogP contribution < -0.4 is 26.2 Å². The Labute approximate surface area is 213 Å². The molecule has 3 aromatic rings. The van der Waals surface area contributed by atoms with Crippen molar-refractivity contribution in [1.29, 1.82) is 0 Å². The molecule has 2 aliphatic rings. The lowest BCUT2D eigenvalue weighted by atomic mass is 9.95. The van der Waals surface area contributed by atoms with E-state index in [1.165, 1.54) is 32.1 Å². The average Bonchev–Trinajstić information content (AvgIpc) is 3.39. The van der Waals surface area contributed by atoms with Gasteiger partial charge in [0.25, 0.3) is 0 Å². The molecule has 0 atom stereocenters. The minimum Gasteiger partial charge on any atom is -0.353 e. The third kappa shape index (κ3) is 6.89. The molecule has 4 N–H and O–H groups in total. The maximum Gasteiger partial charge on any atom is 0.225 e. The first-order valence-electron chi connectivity index (χ1n) is 13.6. The molecular formula is C26H40N10. The quantitative estimate of drug-likeness (QED) is 0.283. The number of anilines is 2. The van der Waals surface area contributed by atoms with Crippen molar-refractivity contribution in [3.8, 4) is 0 Å². The highest BCUT2D eigenvalue weighted by molar-refractivity contribution is 5.90. The van der Waals surface area contributed by atoms with Crippen LogP contribution in [0.5, 0.6) is 0 Å². The molecule has 1 saturated carbocycles. The fourth-order valence-corrected chi connectivity index (χ4v) is 5.10. The van der Waals surface area contributed by atoms with Gasteiger partial charge in [-0.1, -0.05) is 36.6 Å². The lowest BCUT2D eigenvalue weighted by Crippen LogP contribution is -2.44. The molecular weight excluding hydrogens is 452 g/mol. The van der Waals surface area contributed by atoms with Gasteiger partial charge in [0.05, 0.1) is 24.8 Å². The van der Waals surface area contributed by atoms with Gasteiger partial charge in [0.1, 0.15) is 11.5 Å². The first-order valence-corrected chi connectivity index (χ1v) is 13.6. The predicted molar refractivity (Wildman–Crippen MR) is 144 cm³/mol. The zero-order valence-corrected chi connectivity index (χ0v) is 21.3. The van der Waals surface area contributed by atoms with Crippen LogP contribution in [0.2, 0.25) is 0 Å². The van der Waals surface area contributed by atoms with E-state index in [9.17, 15) is 0 Å². The molecule has 0 amide bonds. The fraction of sp³-hybridized carbons (Fsp3) is 0.615. The summed E-state index contributed by atoms with van der Waals surface area (Å²) in [6, 6.07) is 8.96. The number of aromatic nitrogens is 5. The Hall–Kier alpha value is -2.82. The Bertz CT molecular complexity index is 1070. The second kappa shape index (κ2) is 12.9. The van der Waals surface area contributed by atoms with Crippen molar-refractivity contribution < 1.29 is 0 Å². The minimum atomic E-state index is 0.541. The molecule has 10 nitrogen and oxygen atoms in total.